The van der Waals surface area contributed by atoms with Gasteiger partial charge in [-0.05, 0) is 45.2 Å². The summed E-state index contributed by atoms with van der Waals surface area (Å²) in [6.45, 7) is 3.27. The van der Waals surface area contributed by atoms with E-state index in [1.165, 1.54) is 37.3 Å². The molecule has 0 bridgehead atoms. The fraction of sp³-hybridized carbons (Fsp3) is 0.450. The Morgan fingerprint density at radius 1 is 1.19 bits per heavy atom. The fourth-order valence-corrected chi connectivity index (χ4v) is 6.77. The first-order chi connectivity index (χ1) is 15.0. The Balaban J connectivity index is 1.73. The number of carbonyl (C=O) groups excluding carboxylic acids is 1. The van der Waals surface area contributed by atoms with Gasteiger partial charge in [0.05, 0.1) is 0 Å². The van der Waals surface area contributed by atoms with Gasteiger partial charge in [-0.3, -0.25) is 18.2 Å². The Kier molecular flexibility index (Phi) is 7.47. The summed E-state index contributed by atoms with van der Waals surface area (Å²) >= 11 is 0. The number of hydrogen-bond donors (Lipinski definition) is 3. The molecule has 1 saturated heterocycles. The molecule has 1 aliphatic carbocycles. The number of allylic oxidation sites excluding steroid dienone is 3. The molecule has 0 radical (unpaired) electrons. The van der Waals surface area contributed by atoms with E-state index in [-0.39, 0.29) is 17.4 Å². The molecule has 12 heteroatoms. The van der Waals surface area contributed by atoms with Crippen LogP contribution in [-0.4, -0.2) is 32.2 Å². The number of ether oxygens (including phenoxy) is 2. The minimum Gasteiger partial charge on any atom is -0.431 e. The lowest BCUT2D eigenvalue weighted by atomic mass is 9.96. The third-order valence-electron chi connectivity index (χ3n) is 5.14. The molecule has 32 heavy (non-hydrogen) atoms. The van der Waals surface area contributed by atoms with Crippen LogP contribution >= 0.6 is 15.2 Å². The molecule has 3 N–H and O–H groups in total. The summed E-state index contributed by atoms with van der Waals surface area (Å²) in [5.41, 5.74) is 0.478. The molecule has 10 nitrogen and oxygen atoms in total. The van der Waals surface area contributed by atoms with Crippen LogP contribution in [0.2, 0.25) is 0 Å². The Labute approximate surface area is 185 Å². The molecule has 2 unspecified atom stereocenters. The average molecular weight is 488 g/mol. The van der Waals surface area contributed by atoms with Crippen molar-refractivity contribution >= 4 is 21.3 Å². The minimum atomic E-state index is -5.04. The van der Waals surface area contributed by atoms with Gasteiger partial charge < -0.3 is 24.4 Å². The van der Waals surface area contributed by atoms with Crippen molar-refractivity contribution in [2.75, 3.05) is 0 Å². The maximum atomic E-state index is 12.8. The van der Waals surface area contributed by atoms with Crippen LogP contribution in [0.4, 0.5) is 4.79 Å². The molecule has 1 aromatic rings. The summed E-state index contributed by atoms with van der Waals surface area (Å²) in [5.74, 6) is 0.134. The second-order valence-electron chi connectivity index (χ2n) is 7.67. The zero-order valence-electron chi connectivity index (χ0n) is 17.6. The number of aliphatic hydroxyl groups is 1. The largest absolute Gasteiger partial charge is 0.514 e. The van der Waals surface area contributed by atoms with Gasteiger partial charge in [0.2, 0.25) is 6.29 Å². The summed E-state index contributed by atoms with van der Waals surface area (Å²) in [7, 11) is -10.1. The maximum absolute atomic E-state index is 12.8. The van der Waals surface area contributed by atoms with Gasteiger partial charge >= 0.3 is 21.3 Å². The van der Waals surface area contributed by atoms with E-state index in [2.05, 4.69) is 0 Å². The first-order valence-electron chi connectivity index (χ1n) is 9.99. The minimum absolute atomic E-state index is 0.108. The molecule has 176 valence electrons. The van der Waals surface area contributed by atoms with Crippen LogP contribution in [0.25, 0.3) is 0 Å². The predicted octanol–water partition coefficient (Wildman–Crippen LogP) is 4.73. The highest BCUT2D eigenvalue weighted by Crippen LogP contribution is 2.79. The lowest BCUT2D eigenvalue weighted by molar-refractivity contribution is -0.0579. The highest BCUT2D eigenvalue weighted by Gasteiger charge is 2.67. The molecule has 0 aromatic heterocycles. The third-order valence-corrected chi connectivity index (χ3v) is 9.74. The topological polar surface area (TPSA) is 149 Å². The molecule has 3 rings (SSSR count). The Morgan fingerprint density at radius 2 is 1.78 bits per heavy atom. The van der Waals surface area contributed by atoms with E-state index in [0.29, 0.717) is 5.57 Å². The Morgan fingerprint density at radius 3 is 2.28 bits per heavy atom. The number of hydrogen-bond acceptors (Lipinski definition) is 8. The SMILES string of the molecule is CC=CC=C(C)CC1(O)P(=O)(O)OC(c2ccc(OC(=O)OC3CCC3)cc2)OP1(=O)O. The van der Waals surface area contributed by atoms with E-state index in [1.54, 1.807) is 19.1 Å². The van der Waals surface area contributed by atoms with Crippen LogP contribution in [0.3, 0.4) is 0 Å². The van der Waals surface area contributed by atoms with Gasteiger partial charge in [-0.15, -0.1) is 0 Å². The van der Waals surface area contributed by atoms with E-state index >= 15 is 0 Å². The number of benzene rings is 1. The second kappa shape index (κ2) is 9.61. The van der Waals surface area contributed by atoms with Crippen molar-refractivity contribution in [2.45, 2.75) is 57.0 Å². The standard InChI is InChI=1S/C20H26O10P2/c1-3-4-6-14(2)13-20(22)31(23,24)29-18(30-32(20,25)26)15-9-11-17(12-10-15)28-19(21)27-16-7-5-8-16/h3-4,6,9-12,16,18,22H,5,7-8,13H2,1-2H3,(H,23,24)(H,25,26). The van der Waals surface area contributed by atoms with E-state index in [0.717, 1.165) is 19.3 Å². The van der Waals surface area contributed by atoms with Crippen LogP contribution in [0.15, 0.2) is 48.1 Å². The summed E-state index contributed by atoms with van der Waals surface area (Å²) in [6, 6.07) is 5.36. The lowest BCUT2D eigenvalue weighted by Gasteiger charge is -2.41. The van der Waals surface area contributed by atoms with Gasteiger partial charge in [0, 0.05) is 12.0 Å². The molecule has 2 atom stereocenters. The van der Waals surface area contributed by atoms with Crippen molar-refractivity contribution in [1.82, 2.24) is 0 Å². The molecule has 1 saturated carbocycles. The van der Waals surface area contributed by atoms with Crippen LogP contribution in [0.5, 0.6) is 5.75 Å². The Hall–Kier alpha value is -1.77. The van der Waals surface area contributed by atoms with E-state index in [1.807, 2.05) is 0 Å². The maximum Gasteiger partial charge on any atom is 0.514 e. The molecule has 2 aliphatic rings. The summed E-state index contributed by atoms with van der Waals surface area (Å²) < 4.78 is 45.8. The van der Waals surface area contributed by atoms with Crippen LogP contribution in [0, 0.1) is 0 Å². The van der Waals surface area contributed by atoms with Crippen molar-refractivity contribution < 1.29 is 47.3 Å². The zero-order valence-corrected chi connectivity index (χ0v) is 19.4. The molecular weight excluding hydrogens is 462 g/mol. The van der Waals surface area contributed by atoms with Gasteiger partial charge in [-0.25, -0.2) is 4.79 Å². The van der Waals surface area contributed by atoms with E-state index in [9.17, 15) is 28.8 Å². The third kappa shape index (κ3) is 5.24. The fourth-order valence-electron chi connectivity index (χ4n) is 3.06. The molecular formula is C20H26O10P2. The quantitative estimate of drug-likeness (QED) is 0.222. The molecule has 1 heterocycles. The summed E-state index contributed by atoms with van der Waals surface area (Å²) in [4.78, 5) is 32.5. The molecule has 0 spiro atoms. The van der Waals surface area contributed by atoms with Crippen molar-refractivity contribution in [2.24, 2.45) is 0 Å². The van der Waals surface area contributed by atoms with E-state index < -0.39 is 39.1 Å². The molecule has 2 fully saturated rings. The highest BCUT2D eigenvalue weighted by atomic mass is 31.2. The predicted molar refractivity (Wildman–Crippen MR) is 114 cm³/mol. The van der Waals surface area contributed by atoms with E-state index in [4.69, 9.17) is 18.5 Å². The van der Waals surface area contributed by atoms with Gasteiger partial charge in [0.25, 0.3) is 5.08 Å². The zero-order chi connectivity index (χ0) is 23.6. The average Bonchev–Trinajstić information content (AvgIpc) is 2.67. The summed E-state index contributed by atoms with van der Waals surface area (Å²) in [5, 5.41) is 7.67. The van der Waals surface area contributed by atoms with Crippen LogP contribution < -0.4 is 4.74 Å². The van der Waals surface area contributed by atoms with Crippen molar-refractivity contribution in [3.05, 3.63) is 53.6 Å². The molecule has 1 aromatic carbocycles. The first kappa shape index (κ1) is 24.9. The first-order valence-corrected chi connectivity index (χ1v) is 13.1. The lowest BCUT2D eigenvalue weighted by Crippen LogP contribution is -2.36. The van der Waals surface area contributed by atoms with Crippen molar-refractivity contribution in [3.63, 3.8) is 0 Å². The number of rotatable bonds is 6. The van der Waals surface area contributed by atoms with Crippen LogP contribution in [-0.2, 0) is 22.9 Å². The van der Waals surface area contributed by atoms with Crippen molar-refractivity contribution in [3.8, 4) is 5.75 Å². The van der Waals surface area contributed by atoms with Gasteiger partial charge in [-0.1, -0.05) is 35.9 Å². The smallest absolute Gasteiger partial charge is 0.431 e. The monoisotopic (exact) mass is 488 g/mol. The molecule has 0 amide bonds. The number of carbonyl (C=O) groups is 1. The normalized spacial score (nSPS) is 33.7. The molecule has 1 aliphatic heterocycles. The van der Waals surface area contributed by atoms with Crippen molar-refractivity contribution in [1.29, 1.82) is 0 Å². The summed E-state index contributed by atoms with van der Waals surface area (Å²) in [6.07, 6.45) is 4.12. The van der Waals surface area contributed by atoms with Gasteiger partial charge in [0.15, 0.2) is 0 Å². The van der Waals surface area contributed by atoms with Gasteiger partial charge in [-0.2, -0.15) is 0 Å². The Bertz CT molecular complexity index is 970. The highest BCUT2D eigenvalue weighted by molar-refractivity contribution is 7.73. The van der Waals surface area contributed by atoms with Crippen LogP contribution in [0.1, 0.15) is 51.4 Å². The van der Waals surface area contributed by atoms with Gasteiger partial charge in [0.1, 0.15) is 11.9 Å². The second-order valence-corrected chi connectivity index (χ2v) is 12.0.